The first kappa shape index (κ1) is 21.6. The second-order valence-electron chi connectivity index (χ2n) is 8.61. The van der Waals surface area contributed by atoms with E-state index in [9.17, 15) is 0 Å². The normalized spacial score (nSPS) is 22.0. The molecule has 2 fully saturated rings. The number of methoxy groups -OCH3 is 1. The molecule has 3 rings (SSSR count). The maximum Gasteiger partial charge on any atom is 0.494 e. The highest BCUT2D eigenvalue weighted by molar-refractivity contribution is 6.62. The highest BCUT2D eigenvalue weighted by Gasteiger charge is 2.51. The molecule has 7 heteroatoms. The first-order valence-corrected chi connectivity index (χ1v) is 10.3. The van der Waals surface area contributed by atoms with Gasteiger partial charge in [0.05, 0.1) is 31.0 Å². The Morgan fingerprint density at radius 1 is 0.893 bits per heavy atom. The number of anilines is 1. The summed E-state index contributed by atoms with van der Waals surface area (Å²) in [6.45, 7) is 15.6. The molecule has 156 valence electrons. The molecule has 0 unspecified atom stereocenters. The first-order valence-electron chi connectivity index (χ1n) is 10.3. The van der Waals surface area contributed by atoms with Crippen molar-refractivity contribution in [3.63, 3.8) is 0 Å². The molecule has 0 atom stereocenters. The quantitative estimate of drug-likeness (QED) is 0.498. The molecule has 0 bridgehead atoms. The number of rotatable bonds is 8. The van der Waals surface area contributed by atoms with Gasteiger partial charge in [-0.1, -0.05) is 12.1 Å². The molecule has 2 saturated heterocycles. The van der Waals surface area contributed by atoms with Crippen LogP contribution in [0.2, 0.25) is 0 Å². The molecule has 0 aromatic heterocycles. The van der Waals surface area contributed by atoms with Crippen molar-refractivity contribution in [3.8, 4) is 0 Å². The van der Waals surface area contributed by atoms with Gasteiger partial charge >= 0.3 is 7.12 Å². The van der Waals surface area contributed by atoms with Gasteiger partial charge in [-0.2, -0.15) is 0 Å². The Hall–Kier alpha value is -1.12. The minimum absolute atomic E-state index is 0.297. The number of piperazine rings is 1. The molecule has 1 aromatic carbocycles. The van der Waals surface area contributed by atoms with Crippen LogP contribution in [0.25, 0.3) is 0 Å². The highest BCUT2D eigenvalue weighted by atomic mass is 16.7. The third-order valence-corrected chi connectivity index (χ3v) is 6.14. The largest absolute Gasteiger partial charge is 0.494 e. The summed E-state index contributed by atoms with van der Waals surface area (Å²) < 4.78 is 22.9. The summed E-state index contributed by atoms with van der Waals surface area (Å²) in [5, 5.41) is 0. The molecule has 0 N–H and O–H groups in total. The molecule has 2 aliphatic rings. The summed E-state index contributed by atoms with van der Waals surface area (Å²) in [4.78, 5) is 4.90. The Kier molecular flexibility index (Phi) is 7.05. The Morgan fingerprint density at radius 2 is 1.50 bits per heavy atom. The van der Waals surface area contributed by atoms with Gasteiger partial charge in [-0.3, -0.25) is 4.90 Å². The number of hydrogen-bond acceptors (Lipinski definition) is 6. The van der Waals surface area contributed by atoms with Gasteiger partial charge in [-0.15, -0.1) is 0 Å². The van der Waals surface area contributed by atoms with E-state index in [0.29, 0.717) is 13.2 Å². The molecule has 0 aliphatic carbocycles. The smallest absolute Gasteiger partial charge is 0.399 e. The third-order valence-electron chi connectivity index (χ3n) is 6.14. The fraction of sp³-hybridized carbons (Fsp3) is 0.714. The number of ether oxygens (including phenoxy) is 2. The van der Waals surface area contributed by atoms with Crippen molar-refractivity contribution in [1.29, 1.82) is 0 Å². The Bertz CT molecular complexity index is 599. The summed E-state index contributed by atoms with van der Waals surface area (Å²) >= 11 is 0. The average molecular weight is 390 g/mol. The van der Waals surface area contributed by atoms with Crippen LogP contribution in [0, 0.1) is 0 Å². The van der Waals surface area contributed by atoms with E-state index in [1.165, 1.54) is 5.69 Å². The van der Waals surface area contributed by atoms with Gasteiger partial charge in [-0.25, -0.2) is 0 Å². The Morgan fingerprint density at radius 3 is 2.07 bits per heavy atom. The van der Waals surface area contributed by atoms with Gasteiger partial charge in [0.1, 0.15) is 0 Å². The van der Waals surface area contributed by atoms with Crippen LogP contribution in [0.4, 0.5) is 5.69 Å². The van der Waals surface area contributed by atoms with E-state index >= 15 is 0 Å². The van der Waals surface area contributed by atoms with Gasteiger partial charge < -0.3 is 23.7 Å². The summed E-state index contributed by atoms with van der Waals surface area (Å²) in [5.41, 5.74) is 1.73. The van der Waals surface area contributed by atoms with Crippen molar-refractivity contribution < 1.29 is 18.8 Å². The van der Waals surface area contributed by atoms with Crippen molar-refractivity contribution in [1.82, 2.24) is 4.90 Å². The monoisotopic (exact) mass is 390 g/mol. The molecule has 0 radical (unpaired) electrons. The SMILES string of the molecule is COCCOCCN1CCN(c2ccc(B3OC(C)(C)C(C)(C)O3)cc2)CC1. The average Bonchev–Trinajstić information content (AvgIpc) is 2.90. The van der Waals surface area contributed by atoms with Crippen molar-refractivity contribution in [2.24, 2.45) is 0 Å². The summed E-state index contributed by atoms with van der Waals surface area (Å²) in [6.07, 6.45) is 0. The van der Waals surface area contributed by atoms with Crippen molar-refractivity contribution >= 4 is 18.3 Å². The molecular formula is C21H35BN2O4. The van der Waals surface area contributed by atoms with Crippen LogP contribution in [0.3, 0.4) is 0 Å². The molecule has 6 nitrogen and oxygen atoms in total. The van der Waals surface area contributed by atoms with E-state index in [4.69, 9.17) is 18.8 Å². The van der Waals surface area contributed by atoms with Gasteiger partial charge in [0.25, 0.3) is 0 Å². The molecule has 0 spiro atoms. The zero-order valence-electron chi connectivity index (χ0n) is 18.1. The first-order chi connectivity index (χ1) is 13.3. The Balaban J connectivity index is 1.46. The van der Waals surface area contributed by atoms with Crippen LogP contribution in [-0.2, 0) is 18.8 Å². The summed E-state index contributed by atoms with van der Waals surface area (Å²) in [6, 6.07) is 8.63. The van der Waals surface area contributed by atoms with Crippen LogP contribution >= 0.6 is 0 Å². The van der Waals surface area contributed by atoms with Gasteiger partial charge in [0.2, 0.25) is 0 Å². The lowest BCUT2D eigenvalue weighted by Crippen LogP contribution is -2.47. The molecule has 2 aliphatic heterocycles. The maximum absolute atomic E-state index is 6.15. The van der Waals surface area contributed by atoms with Crippen LogP contribution in [0.15, 0.2) is 24.3 Å². The Labute approximate surface area is 170 Å². The number of benzene rings is 1. The molecular weight excluding hydrogens is 355 g/mol. The lowest BCUT2D eigenvalue weighted by molar-refractivity contribution is 0.00578. The standard InChI is InChI=1S/C21H35BN2O4/c1-20(2)21(3,4)28-22(27-20)18-6-8-19(9-7-18)24-12-10-23(11-13-24)14-15-26-17-16-25-5/h6-9H,10-17H2,1-5H3. The van der Waals surface area contributed by atoms with Crippen LogP contribution < -0.4 is 10.4 Å². The fourth-order valence-corrected chi connectivity index (χ4v) is 3.49. The van der Waals surface area contributed by atoms with Crippen LogP contribution in [0.5, 0.6) is 0 Å². The number of hydrogen-bond donors (Lipinski definition) is 0. The lowest BCUT2D eigenvalue weighted by Gasteiger charge is -2.36. The van der Waals surface area contributed by atoms with Crippen LogP contribution in [-0.4, -0.2) is 82.9 Å². The van der Waals surface area contributed by atoms with Crippen molar-refractivity contribution in [2.75, 3.05) is 64.6 Å². The van der Waals surface area contributed by atoms with E-state index in [-0.39, 0.29) is 18.3 Å². The van der Waals surface area contributed by atoms with Crippen LogP contribution in [0.1, 0.15) is 27.7 Å². The molecule has 1 aromatic rings. The van der Waals surface area contributed by atoms with Crippen molar-refractivity contribution in [3.05, 3.63) is 24.3 Å². The van der Waals surface area contributed by atoms with E-state index < -0.39 is 0 Å². The zero-order valence-corrected chi connectivity index (χ0v) is 18.1. The second kappa shape index (κ2) is 9.14. The van der Waals surface area contributed by atoms with E-state index in [1.807, 2.05) is 0 Å². The third kappa shape index (κ3) is 5.08. The predicted molar refractivity (Wildman–Crippen MR) is 114 cm³/mol. The van der Waals surface area contributed by atoms with E-state index in [0.717, 1.165) is 44.8 Å². The number of nitrogens with zero attached hydrogens (tertiary/aromatic N) is 2. The zero-order chi connectivity index (χ0) is 20.2. The van der Waals surface area contributed by atoms with Gasteiger partial charge in [-0.05, 0) is 45.3 Å². The molecule has 0 amide bonds. The van der Waals surface area contributed by atoms with Gasteiger partial charge in [0, 0.05) is 45.5 Å². The van der Waals surface area contributed by atoms with E-state index in [2.05, 4.69) is 61.8 Å². The fourth-order valence-electron chi connectivity index (χ4n) is 3.49. The lowest BCUT2D eigenvalue weighted by atomic mass is 9.79. The maximum atomic E-state index is 6.15. The topological polar surface area (TPSA) is 43.4 Å². The summed E-state index contributed by atoms with van der Waals surface area (Å²) in [5.74, 6) is 0. The second-order valence-corrected chi connectivity index (χ2v) is 8.61. The molecule has 28 heavy (non-hydrogen) atoms. The van der Waals surface area contributed by atoms with E-state index in [1.54, 1.807) is 7.11 Å². The van der Waals surface area contributed by atoms with Crippen molar-refractivity contribution in [2.45, 2.75) is 38.9 Å². The predicted octanol–water partition coefficient (Wildman–Crippen LogP) is 1.77. The summed E-state index contributed by atoms with van der Waals surface area (Å²) in [7, 11) is 1.40. The minimum atomic E-state index is -0.306. The molecule has 0 saturated carbocycles. The molecule has 2 heterocycles. The highest BCUT2D eigenvalue weighted by Crippen LogP contribution is 2.36. The van der Waals surface area contributed by atoms with Gasteiger partial charge in [0.15, 0.2) is 0 Å². The minimum Gasteiger partial charge on any atom is -0.399 e.